The number of carbonyl (C=O) groups excluding carboxylic acids is 2. The van der Waals surface area contributed by atoms with Crippen LogP contribution in [0.1, 0.15) is 29.8 Å². The first kappa shape index (κ1) is 27.8. The van der Waals surface area contributed by atoms with Crippen molar-refractivity contribution < 1.29 is 23.8 Å². The zero-order chi connectivity index (χ0) is 26.9. The van der Waals surface area contributed by atoms with Crippen LogP contribution in [0.25, 0.3) is 0 Å². The van der Waals surface area contributed by atoms with E-state index >= 15 is 0 Å². The Morgan fingerprint density at radius 2 is 1.59 bits per heavy atom. The lowest BCUT2D eigenvalue weighted by Crippen LogP contribution is -2.34. The largest absolute Gasteiger partial charge is 0.494 e. The predicted molar refractivity (Wildman–Crippen MR) is 149 cm³/mol. The molecule has 0 unspecified atom stereocenters. The summed E-state index contributed by atoms with van der Waals surface area (Å²) in [6.45, 7) is 3.92. The Morgan fingerprint density at radius 3 is 2.24 bits per heavy atom. The summed E-state index contributed by atoms with van der Waals surface area (Å²) < 4.78 is 16.6. The molecule has 0 radical (unpaired) electrons. The van der Waals surface area contributed by atoms with Crippen molar-refractivity contribution in [3.8, 4) is 17.2 Å². The van der Waals surface area contributed by atoms with Gasteiger partial charge in [0.25, 0.3) is 5.91 Å². The molecule has 10 heteroatoms. The van der Waals surface area contributed by atoms with Crippen LogP contribution in [0.15, 0.2) is 60.7 Å². The predicted octanol–water partition coefficient (Wildman–Crippen LogP) is 5.66. The molecule has 0 aliphatic carbocycles. The van der Waals surface area contributed by atoms with Gasteiger partial charge >= 0.3 is 0 Å². The van der Waals surface area contributed by atoms with Crippen LogP contribution in [0, 0.1) is 5.92 Å². The summed E-state index contributed by atoms with van der Waals surface area (Å²) in [5.41, 5.74) is 2.39. The molecule has 0 fully saturated rings. The smallest absolute Gasteiger partial charge is 0.257 e. The first-order valence-corrected chi connectivity index (χ1v) is 12.1. The van der Waals surface area contributed by atoms with Crippen LogP contribution < -0.4 is 30.2 Å². The molecule has 8 nitrogen and oxygen atoms in total. The van der Waals surface area contributed by atoms with E-state index < -0.39 is 5.91 Å². The first-order chi connectivity index (χ1) is 17.7. The summed E-state index contributed by atoms with van der Waals surface area (Å²) >= 11 is 11.2. The van der Waals surface area contributed by atoms with Gasteiger partial charge in [-0.3, -0.25) is 14.9 Å². The summed E-state index contributed by atoms with van der Waals surface area (Å²) in [5.74, 6) is 0.627. The van der Waals surface area contributed by atoms with Crippen LogP contribution >= 0.6 is 23.8 Å². The standard InChI is InChI=1S/C27H28ClN3O5S/c1-16(2)25(32)30-21-11-10-20(14-23(21)34-3)29-27(37)31-26(33)18-7-12-22(24(13-18)35-4)36-15-17-5-8-19(28)9-6-17/h5-14,16H,15H2,1-4H3,(H,30,32)(H2,29,31,33,37). The summed E-state index contributed by atoms with van der Waals surface area (Å²) in [4.78, 5) is 24.8. The molecule has 37 heavy (non-hydrogen) atoms. The van der Waals surface area contributed by atoms with E-state index in [1.165, 1.54) is 14.2 Å². The second-order valence-corrected chi connectivity index (χ2v) is 9.09. The number of rotatable bonds is 9. The van der Waals surface area contributed by atoms with Crippen LogP contribution in [0.4, 0.5) is 11.4 Å². The lowest BCUT2D eigenvalue weighted by molar-refractivity contribution is -0.118. The van der Waals surface area contributed by atoms with Crippen molar-refractivity contribution in [1.82, 2.24) is 5.32 Å². The number of thiocarbonyl (C=S) groups is 1. The molecule has 0 aliphatic rings. The number of methoxy groups -OCH3 is 2. The Morgan fingerprint density at radius 1 is 0.892 bits per heavy atom. The Bertz CT molecular complexity index is 1280. The zero-order valence-electron chi connectivity index (χ0n) is 20.9. The fourth-order valence-corrected chi connectivity index (χ4v) is 3.49. The maximum absolute atomic E-state index is 12.8. The summed E-state index contributed by atoms with van der Waals surface area (Å²) in [6, 6.07) is 17.3. The number of nitrogens with one attached hydrogen (secondary N) is 3. The van der Waals surface area contributed by atoms with Crippen LogP contribution in [0.5, 0.6) is 17.2 Å². The average molecular weight is 542 g/mol. The average Bonchev–Trinajstić information content (AvgIpc) is 2.88. The fourth-order valence-electron chi connectivity index (χ4n) is 3.16. The highest BCUT2D eigenvalue weighted by molar-refractivity contribution is 7.80. The zero-order valence-corrected chi connectivity index (χ0v) is 22.5. The highest BCUT2D eigenvalue weighted by atomic mass is 35.5. The Balaban J connectivity index is 1.62. The molecule has 3 rings (SSSR count). The number of hydrogen-bond donors (Lipinski definition) is 3. The monoisotopic (exact) mass is 541 g/mol. The molecule has 3 N–H and O–H groups in total. The third-order valence-electron chi connectivity index (χ3n) is 5.20. The van der Waals surface area contributed by atoms with Crippen LogP contribution in [0.2, 0.25) is 5.02 Å². The number of benzene rings is 3. The molecule has 0 bridgehead atoms. The van der Waals surface area contributed by atoms with Gasteiger partial charge in [0.2, 0.25) is 5.91 Å². The van der Waals surface area contributed by atoms with Crippen LogP contribution in [-0.2, 0) is 11.4 Å². The second-order valence-electron chi connectivity index (χ2n) is 8.25. The normalized spacial score (nSPS) is 10.4. The highest BCUT2D eigenvalue weighted by Gasteiger charge is 2.15. The van der Waals surface area contributed by atoms with E-state index in [2.05, 4.69) is 16.0 Å². The maximum atomic E-state index is 12.8. The first-order valence-electron chi connectivity index (χ1n) is 11.4. The molecule has 194 valence electrons. The number of ether oxygens (including phenoxy) is 3. The van der Waals surface area contributed by atoms with Crippen molar-refractivity contribution in [1.29, 1.82) is 0 Å². The minimum Gasteiger partial charge on any atom is -0.494 e. The van der Waals surface area contributed by atoms with Crippen LogP contribution in [-0.4, -0.2) is 31.1 Å². The number of hydrogen-bond acceptors (Lipinski definition) is 6. The minimum atomic E-state index is -0.423. The molecule has 0 saturated heterocycles. The van der Waals surface area contributed by atoms with E-state index in [0.29, 0.717) is 45.8 Å². The van der Waals surface area contributed by atoms with Gasteiger partial charge in [-0.15, -0.1) is 0 Å². The van der Waals surface area contributed by atoms with Crippen molar-refractivity contribution in [3.63, 3.8) is 0 Å². The minimum absolute atomic E-state index is 0.0908. The van der Waals surface area contributed by atoms with Crippen molar-refractivity contribution in [2.45, 2.75) is 20.5 Å². The topological polar surface area (TPSA) is 97.9 Å². The maximum Gasteiger partial charge on any atom is 0.257 e. The van der Waals surface area contributed by atoms with Gasteiger partial charge in [-0.05, 0) is 60.2 Å². The van der Waals surface area contributed by atoms with E-state index in [-0.39, 0.29) is 16.9 Å². The molecule has 0 aliphatic heterocycles. The number of amides is 2. The van der Waals surface area contributed by atoms with Gasteiger partial charge in [0.1, 0.15) is 12.4 Å². The van der Waals surface area contributed by atoms with Crippen LogP contribution in [0.3, 0.4) is 0 Å². The molecule has 0 saturated carbocycles. The van der Waals surface area contributed by atoms with Gasteiger partial charge in [0.05, 0.1) is 19.9 Å². The fraction of sp³-hybridized carbons (Fsp3) is 0.222. The Kier molecular flexibility index (Phi) is 9.71. The second kappa shape index (κ2) is 12.9. The van der Waals surface area contributed by atoms with Gasteiger partial charge < -0.3 is 24.8 Å². The number of carbonyl (C=O) groups is 2. The van der Waals surface area contributed by atoms with Gasteiger partial charge in [-0.2, -0.15) is 0 Å². The van der Waals surface area contributed by atoms with Gasteiger partial charge in [0.15, 0.2) is 16.6 Å². The van der Waals surface area contributed by atoms with E-state index in [9.17, 15) is 9.59 Å². The Hall–Kier alpha value is -3.82. The molecule has 2 amide bonds. The lowest BCUT2D eigenvalue weighted by atomic mass is 10.2. The van der Waals surface area contributed by atoms with Gasteiger partial charge in [-0.25, -0.2) is 0 Å². The molecule has 0 atom stereocenters. The highest BCUT2D eigenvalue weighted by Crippen LogP contribution is 2.30. The van der Waals surface area contributed by atoms with Gasteiger partial charge in [0, 0.05) is 28.3 Å². The van der Waals surface area contributed by atoms with Crippen molar-refractivity contribution in [2.24, 2.45) is 5.92 Å². The molecule has 0 aromatic heterocycles. The van der Waals surface area contributed by atoms with Crippen molar-refractivity contribution >= 4 is 52.1 Å². The van der Waals surface area contributed by atoms with E-state index in [4.69, 9.17) is 38.0 Å². The third-order valence-corrected chi connectivity index (χ3v) is 5.66. The van der Waals surface area contributed by atoms with Crippen molar-refractivity contribution in [2.75, 3.05) is 24.9 Å². The third kappa shape index (κ3) is 7.83. The van der Waals surface area contributed by atoms with E-state index in [1.54, 1.807) is 62.4 Å². The van der Waals surface area contributed by atoms with E-state index in [1.807, 2.05) is 12.1 Å². The lowest BCUT2D eigenvalue weighted by Gasteiger charge is -2.15. The van der Waals surface area contributed by atoms with E-state index in [0.717, 1.165) is 5.56 Å². The molecular weight excluding hydrogens is 514 g/mol. The van der Waals surface area contributed by atoms with Crippen molar-refractivity contribution in [3.05, 3.63) is 76.8 Å². The SMILES string of the molecule is COc1cc(NC(=S)NC(=O)c2ccc(OCc3ccc(Cl)cc3)c(OC)c2)ccc1NC(=O)C(C)C. The molecule has 3 aromatic carbocycles. The summed E-state index contributed by atoms with van der Waals surface area (Å²) in [6.07, 6.45) is 0. The quantitative estimate of drug-likeness (QED) is 0.301. The van der Waals surface area contributed by atoms with Gasteiger partial charge in [-0.1, -0.05) is 37.6 Å². The molecular formula is C27H28ClN3O5S. The number of anilines is 2. The summed E-state index contributed by atoms with van der Waals surface area (Å²) in [7, 11) is 3.00. The summed E-state index contributed by atoms with van der Waals surface area (Å²) in [5, 5.41) is 9.13. The molecule has 3 aromatic rings. The molecule has 0 spiro atoms. The Labute approximate surface area is 226 Å². The molecule has 0 heterocycles. The number of halogens is 1.